The first-order valence-corrected chi connectivity index (χ1v) is 6.89. The first kappa shape index (κ1) is 11.7. The first-order chi connectivity index (χ1) is 9.83. The predicted molar refractivity (Wildman–Crippen MR) is 76.9 cm³/mol. The number of fused-ring (bicyclic) bond motifs is 2. The molecule has 6 heteroatoms. The molecule has 0 spiro atoms. The maximum absolute atomic E-state index is 6.49. The number of nitrogens with zero attached hydrogens (tertiary/aromatic N) is 4. The lowest BCUT2D eigenvalue weighted by molar-refractivity contribution is 0.766. The van der Waals surface area contributed by atoms with Crippen molar-refractivity contribution in [2.45, 2.75) is 17.8 Å². The Kier molecular flexibility index (Phi) is 2.60. The zero-order valence-corrected chi connectivity index (χ0v) is 11.3. The summed E-state index contributed by atoms with van der Waals surface area (Å²) in [6.07, 6.45) is 6.07. The number of anilines is 1. The number of aromatic nitrogens is 4. The second-order valence-electron chi connectivity index (χ2n) is 4.88. The molecule has 0 amide bonds. The molecule has 1 aliphatic rings. The van der Waals surface area contributed by atoms with Gasteiger partial charge in [-0.05, 0) is 17.5 Å². The summed E-state index contributed by atoms with van der Waals surface area (Å²) in [5.41, 5.74) is 3.23. The van der Waals surface area contributed by atoms with Crippen LogP contribution in [0.4, 0.5) is 5.82 Å². The third-order valence-corrected chi connectivity index (χ3v) is 4.08. The molecule has 100 valence electrons. The van der Waals surface area contributed by atoms with E-state index in [1.54, 1.807) is 12.5 Å². The molecule has 0 fully saturated rings. The molecule has 0 saturated heterocycles. The van der Waals surface area contributed by atoms with E-state index in [9.17, 15) is 0 Å². The lowest BCUT2D eigenvalue weighted by Crippen LogP contribution is -2.18. The summed E-state index contributed by atoms with van der Waals surface area (Å²) in [6, 6.07) is 8.36. The minimum absolute atomic E-state index is 0.0115. The van der Waals surface area contributed by atoms with Crippen LogP contribution in [0, 0.1) is 0 Å². The van der Waals surface area contributed by atoms with Crippen LogP contribution in [0.15, 0.2) is 43.0 Å². The van der Waals surface area contributed by atoms with Gasteiger partial charge in [-0.1, -0.05) is 24.3 Å². The lowest BCUT2D eigenvalue weighted by Gasteiger charge is -2.18. The second-order valence-corrected chi connectivity index (χ2v) is 5.44. The molecule has 3 aromatic rings. The molecule has 20 heavy (non-hydrogen) atoms. The average molecular weight is 286 g/mol. The van der Waals surface area contributed by atoms with Crippen molar-refractivity contribution >= 4 is 23.1 Å². The Labute approximate surface area is 120 Å². The fourth-order valence-electron chi connectivity index (χ4n) is 2.72. The van der Waals surface area contributed by atoms with Crippen molar-refractivity contribution in [3.05, 3.63) is 54.1 Å². The molecule has 0 bridgehead atoms. The van der Waals surface area contributed by atoms with Crippen LogP contribution in [0.3, 0.4) is 0 Å². The highest BCUT2D eigenvalue weighted by atomic mass is 35.5. The number of halogens is 1. The highest BCUT2D eigenvalue weighted by molar-refractivity contribution is 6.21. The van der Waals surface area contributed by atoms with Gasteiger partial charge in [0.15, 0.2) is 5.82 Å². The molecule has 2 heterocycles. The maximum atomic E-state index is 6.49. The van der Waals surface area contributed by atoms with E-state index in [0.717, 1.165) is 6.42 Å². The summed E-state index contributed by atoms with van der Waals surface area (Å²) in [7, 11) is 0. The van der Waals surface area contributed by atoms with Gasteiger partial charge in [-0.2, -0.15) is 0 Å². The fourth-order valence-corrected chi connectivity index (χ4v) is 3.09. The smallest absolute Gasteiger partial charge is 0.203 e. The van der Waals surface area contributed by atoms with E-state index < -0.39 is 0 Å². The lowest BCUT2D eigenvalue weighted by atomic mass is 10.1. The number of alkyl halides is 1. The highest BCUT2D eigenvalue weighted by Crippen LogP contribution is 2.37. The van der Waals surface area contributed by atoms with Crippen LogP contribution in [0.5, 0.6) is 0 Å². The third kappa shape index (κ3) is 1.74. The molecular formula is C14H12ClN5. The minimum Gasteiger partial charge on any atom is -0.359 e. The van der Waals surface area contributed by atoms with Crippen LogP contribution in [0.2, 0.25) is 0 Å². The Morgan fingerprint density at radius 1 is 1.30 bits per heavy atom. The van der Waals surface area contributed by atoms with Gasteiger partial charge >= 0.3 is 0 Å². The van der Waals surface area contributed by atoms with E-state index >= 15 is 0 Å². The summed E-state index contributed by atoms with van der Waals surface area (Å²) < 4.78 is 1.83. The molecular weight excluding hydrogens is 274 g/mol. The molecule has 2 aromatic heterocycles. The van der Waals surface area contributed by atoms with Crippen LogP contribution >= 0.6 is 11.6 Å². The Balaban J connectivity index is 1.74. The SMILES string of the molecule is ClC1Cc2ccccc2C1Nc1nccn2cnnc12. The largest absolute Gasteiger partial charge is 0.359 e. The number of benzene rings is 1. The number of nitrogens with one attached hydrogen (secondary N) is 1. The number of rotatable bonds is 2. The van der Waals surface area contributed by atoms with Gasteiger partial charge in [0.05, 0.1) is 11.4 Å². The summed E-state index contributed by atoms with van der Waals surface area (Å²) in [5.74, 6) is 0.706. The van der Waals surface area contributed by atoms with Crippen LogP contribution < -0.4 is 5.32 Å². The van der Waals surface area contributed by atoms with Crippen LogP contribution in [-0.4, -0.2) is 25.0 Å². The van der Waals surface area contributed by atoms with Crippen molar-refractivity contribution in [2.24, 2.45) is 0 Å². The highest BCUT2D eigenvalue weighted by Gasteiger charge is 2.31. The topological polar surface area (TPSA) is 55.1 Å². The summed E-state index contributed by atoms with van der Waals surface area (Å²) >= 11 is 6.49. The second kappa shape index (κ2) is 4.45. The number of hydrogen-bond donors (Lipinski definition) is 1. The van der Waals surface area contributed by atoms with Gasteiger partial charge in [0.2, 0.25) is 5.65 Å². The molecule has 2 atom stereocenters. The van der Waals surface area contributed by atoms with Crippen LogP contribution in [0.1, 0.15) is 17.2 Å². The summed E-state index contributed by atoms with van der Waals surface area (Å²) in [5, 5.41) is 11.4. The molecule has 1 aromatic carbocycles. The van der Waals surface area contributed by atoms with E-state index in [2.05, 4.69) is 32.6 Å². The first-order valence-electron chi connectivity index (χ1n) is 6.46. The molecule has 0 saturated carbocycles. The summed E-state index contributed by atoms with van der Waals surface area (Å²) in [4.78, 5) is 4.36. The molecule has 2 unspecified atom stereocenters. The van der Waals surface area contributed by atoms with Gasteiger partial charge in [-0.3, -0.25) is 4.40 Å². The normalized spacial score (nSPS) is 21.1. The Morgan fingerprint density at radius 2 is 2.20 bits per heavy atom. The number of hydrogen-bond acceptors (Lipinski definition) is 4. The van der Waals surface area contributed by atoms with E-state index in [0.29, 0.717) is 11.5 Å². The molecule has 1 aliphatic carbocycles. The van der Waals surface area contributed by atoms with E-state index in [4.69, 9.17) is 11.6 Å². The monoisotopic (exact) mass is 285 g/mol. The van der Waals surface area contributed by atoms with Gasteiger partial charge in [0, 0.05) is 12.4 Å². The quantitative estimate of drug-likeness (QED) is 0.735. The van der Waals surface area contributed by atoms with Gasteiger partial charge in [-0.15, -0.1) is 21.8 Å². The van der Waals surface area contributed by atoms with Gasteiger partial charge in [0.1, 0.15) is 6.33 Å². The summed E-state index contributed by atoms with van der Waals surface area (Å²) in [6.45, 7) is 0. The Bertz CT molecular complexity index is 769. The standard InChI is InChI=1S/C14H12ClN5/c15-11-7-9-3-1-2-4-10(9)12(11)18-13-14-19-17-8-20(14)6-5-16-13/h1-6,8,11-12H,7H2,(H,16,18). The van der Waals surface area contributed by atoms with Crippen molar-refractivity contribution in [3.8, 4) is 0 Å². The molecule has 1 N–H and O–H groups in total. The van der Waals surface area contributed by atoms with Crippen LogP contribution in [0.25, 0.3) is 5.65 Å². The molecule has 4 rings (SSSR count). The van der Waals surface area contributed by atoms with Gasteiger partial charge in [-0.25, -0.2) is 4.98 Å². The molecule has 5 nitrogen and oxygen atoms in total. The Hall–Kier alpha value is -2.14. The Morgan fingerprint density at radius 3 is 3.15 bits per heavy atom. The van der Waals surface area contributed by atoms with Crippen molar-refractivity contribution in [1.82, 2.24) is 19.6 Å². The zero-order valence-electron chi connectivity index (χ0n) is 10.6. The van der Waals surface area contributed by atoms with E-state index in [-0.39, 0.29) is 11.4 Å². The van der Waals surface area contributed by atoms with E-state index in [1.165, 1.54) is 11.1 Å². The average Bonchev–Trinajstić information content (AvgIpc) is 3.05. The van der Waals surface area contributed by atoms with Crippen molar-refractivity contribution in [3.63, 3.8) is 0 Å². The van der Waals surface area contributed by atoms with E-state index in [1.807, 2.05) is 22.7 Å². The molecule has 0 aliphatic heterocycles. The van der Waals surface area contributed by atoms with Crippen molar-refractivity contribution < 1.29 is 0 Å². The minimum atomic E-state index is 0.0115. The third-order valence-electron chi connectivity index (χ3n) is 3.67. The van der Waals surface area contributed by atoms with Gasteiger partial charge in [0.25, 0.3) is 0 Å². The van der Waals surface area contributed by atoms with Crippen LogP contribution in [-0.2, 0) is 6.42 Å². The van der Waals surface area contributed by atoms with Crippen molar-refractivity contribution in [1.29, 1.82) is 0 Å². The fraction of sp³-hybridized carbons (Fsp3) is 0.214. The van der Waals surface area contributed by atoms with Crippen molar-refractivity contribution in [2.75, 3.05) is 5.32 Å². The maximum Gasteiger partial charge on any atom is 0.203 e. The zero-order chi connectivity index (χ0) is 13.5. The van der Waals surface area contributed by atoms with Gasteiger partial charge < -0.3 is 5.32 Å². The molecule has 0 radical (unpaired) electrons. The predicted octanol–water partition coefficient (Wildman–Crippen LogP) is 2.44.